The van der Waals surface area contributed by atoms with E-state index < -0.39 is 21.8 Å². The number of guanidine groups is 1. The third-order valence-electron chi connectivity index (χ3n) is 3.92. The number of amides is 2. The average molecular weight is 386 g/mol. The van der Waals surface area contributed by atoms with Crippen LogP contribution in [0.2, 0.25) is 0 Å². The molecule has 0 saturated carbocycles. The Morgan fingerprint density at radius 3 is 2.70 bits per heavy atom. The SMILES string of the molecule is N=C(N)NC(=O)N1C=COC(C2=C(S(=O)(=O)c3ccccc3)C=CCC2)=C1. The number of nitrogens with zero attached hydrogens (tertiary/aromatic N) is 1. The Morgan fingerprint density at radius 2 is 2.00 bits per heavy atom. The van der Waals surface area contributed by atoms with Crippen LogP contribution in [0.1, 0.15) is 12.8 Å². The summed E-state index contributed by atoms with van der Waals surface area (Å²) in [6.07, 6.45) is 8.42. The fourth-order valence-electron chi connectivity index (χ4n) is 2.69. The molecule has 9 heteroatoms. The molecule has 0 aromatic heterocycles. The van der Waals surface area contributed by atoms with Gasteiger partial charge in [-0.15, -0.1) is 0 Å². The second kappa shape index (κ2) is 7.50. The van der Waals surface area contributed by atoms with Crippen LogP contribution in [-0.2, 0) is 14.6 Å². The molecule has 0 saturated heterocycles. The predicted molar refractivity (Wildman–Crippen MR) is 99.6 cm³/mol. The quantitative estimate of drug-likeness (QED) is 0.543. The van der Waals surface area contributed by atoms with Gasteiger partial charge in [0.2, 0.25) is 9.84 Å². The highest BCUT2D eigenvalue weighted by molar-refractivity contribution is 7.95. The number of carbonyl (C=O) groups excluding carboxylic acids is 1. The number of rotatable bonds is 3. The topological polar surface area (TPSA) is 126 Å². The first-order chi connectivity index (χ1) is 12.9. The van der Waals surface area contributed by atoms with E-state index in [1.807, 2.05) is 0 Å². The minimum absolute atomic E-state index is 0.133. The highest BCUT2D eigenvalue weighted by atomic mass is 32.2. The molecule has 0 unspecified atom stereocenters. The number of carbonyl (C=O) groups is 1. The summed E-state index contributed by atoms with van der Waals surface area (Å²) < 4.78 is 31.6. The van der Waals surface area contributed by atoms with E-state index in [2.05, 4.69) is 5.32 Å². The van der Waals surface area contributed by atoms with Gasteiger partial charge in [-0.1, -0.05) is 24.3 Å². The van der Waals surface area contributed by atoms with Gasteiger partial charge in [-0.25, -0.2) is 13.2 Å². The van der Waals surface area contributed by atoms with E-state index in [0.29, 0.717) is 18.4 Å². The zero-order valence-corrected chi connectivity index (χ0v) is 15.1. The molecule has 0 spiro atoms. The normalized spacial score (nSPS) is 16.6. The number of allylic oxidation sites excluding steroid dienone is 3. The highest BCUT2D eigenvalue weighted by Gasteiger charge is 2.28. The number of hydrogen-bond donors (Lipinski definition) is 3. The van der Waals surface area contributed by atoms with Crippen molar-refractivity contribution in [3.63, 3.8) is 0 Å². The van der Waals surface area contributed by atoms with E-state index in [9.17, 15) is 13.2 Å². The molecule has 3 rings (SSSR count). The maximum Gasteiger partial charge on any atom is 0.332 e. The summed E-state index contributed by atoms with van der Waals surface area (Å²) in [4.78, 5) is 13.5. The van der Waals surface area contributed by atoms with Crippen molar-refractivity contribution in [1.29, 1.82) is 5.41 Å². The molecule has 1 aromatic carbocycles. The van der Waals surface area contributed by atoms with Gasteiger partial charge >= 0.3 is 6.03 Å². The fourth-order valence-corrected chi connectivity index (χ4v) is 4.26. The fraction of sp³-hybridized carbons (Fsp3) is 0.111. The monoisotopic (exact) mass is 386 g/mol. The molecule has 2 amide bonds. The van der Waals surface area contributed by atoms with Crippen molar-refractivity contribution in [2.45, 2.75) is 17.7 Å². The molecule has 2 aliphatic rings. The van der Waals surface area contributed by atoms with Crippen LogP contribution >= 0.6 is 0 Å². The second-order valence-electron chi connectivity index (χ2n) is 5.75. The summed E-state index contributed by atoms with van der Waals surface area (Å²) in [6, 6.07) is 7.47. The molecule has 1 aromatic rings. The molecule has 0 atom stereocenters. The van der Waals surface area contributed by atoms with Crippen LogP contribution in [0.25, 0.3) is 0 Å². The summed E-state index contributed by atoms with van der Waals surface area (Å²) in [7, 11) is -3.74. The predicted octanol–water partition coefficient (Wildman–Crippen LogP) is 2.31. The zero-order chi connectivity index (χ0) is 19.4. The van der Waals surface area contributed by atoms with Crippen molar-refractivity contribution in [3.8, 4) is 0 Å². The number of ether oxygens (including phenoxy) is 1. The van der Waals surface area contributed by atoms with E-state index in [1.165, 1.54) is 30.8 Å². The number of nitrogens with one attached hydrogen (secondary N) is 2. The standard InChI is InChI=1S/C18H18N4O4S/c19-17(20)21-18(23)22-10-11-26-15(12-22)14-8-4-5-9-16(14)27(24,25)13-6-2-1-3-7-13/h1-3,5-7,9-12H,4,8H2,(H4,19,20,21,23). The number of urea groups is 1. The number of sulfone groups is 1. The van der Waals surface area contributed by atoms with Gasteiger partial charge in [-0.3, -0.25) is 15.6 Å². The van der Waals surface area contributed by atoms with Crippen molar-refractivity contribution in [2.24, 2.45) is 5.73 Å². The molecule has 0 fully saturated rings. The molecule has 1 aliphatic heterocycles. The van der Waals surface area contributed by atoms with Crippen LogP contribution in [0.5, 0.6) is 0 Å². The second-order valence-corrected chi connectivity index (χ2v) is 7.67. The molecule has 1 heterocycles. The zero-order valence-electron chi connectivity index (χ0n) is 14.3. The van der Waals surface area contributed by atoms with Crippen LogP contribution < -0.4 is 11.1 Å². The van der Waals surface area contributed by atoms with Crippen LogP contribution in [0, 0.1) is 5.41 Å². The molecule has 0 radical (unpaired) electrons. The third-order valence-corrected chi connectivity index (χ3v) is 5.77. The van der Waals surface area contributed by atoms with Gasteiger partial charge in [0.25, 0.3) is 0 Å². The van der Waals surface area contributed by atoms with Crippen LogP contribution in [-0.4, -0.2) is 25.3 Å². The Bertz CT molecular complexity index is 991. The minimum atomic E-state index is -3.74. The van der Waals surface area contributed by atoms with E-state index >= 15 is 0 Å². The maximum atomic E-state index is 13.1. The van der Waals surface area contributed by atoms with Crippen molar-refractivity contribution < 1.29 is 17.9 Å². The molecular weight excluding hydrogens is 368 g/mol. The van der Waals surface area contributed by atoms with Crippen LogP contribution in [0.3, 0.4) is 0 Å². The first-order valence-electron chi connectivity index (χ1n) is 8.08. The number of hydrogen-bond acceptors (Lipinski definition) is 5. The minimum Gasteiger partial charge on any atom is -0.462 e. The molecular formula is C18H18N4O4S. The Kier molecular flexibility index (Phi) is 5.13. The van der Waals surface area contributed by atoms with E-state index in [0.717, 1.165) is 4.90 Å². The molecule has 0 bridgehead atoms. The first-order valence-corrected chi connectivity index (χ1v) is 9.56. The summed E-state index contributed by atoms with van der Waals surface area (Å²) >= 11 is 0. The Morgan fingerprint density at radius 1 is 1.26 bits per heavy atom. The molecule has 1 aliphatic carbocycles. The smallest absolute Gasteiger partial charge is 0.332 e. The van der Waals surface area contributed by atoms with Gasteiger partial charge in [-0.2, -0.15) is 0 Å². The van der Waals surface area contributed by atoms with E-state index in [-0.39, 0.29) is 15.6 Å². The molecule has 27 heavy (non-hydrogen) atoms. The summed E-state index contributed by atoms with van der Waals surface area (Å²) in [5.41, 5.74) is 5.65. The van der Waals surface area contributed by atoms with Gasteiger partial charge in [0.1, 0.15) is 12.0 Å². The van der Waals surface area contributed by atoms with Crippen LogP contribution in [0.4, 0.5) is 4.79 Å². The van der Waals surface area contributed by atoms with Crippen molar-refractivity contribution >= 4 is 21.8 Å². The lowest BCUT2D eigenvalue weighted by atomic mass is 10.0. The lowest BCUT2D eigenvalue weighted by Gasteiger charge is -2.23. The van der Waals surface area contributed by atoms with Crippen molar-refractivity contribution in [1.82, 2.24) is 10.2 Å². The van der Waals surface area contributed by atoms with E-state index in [1.54, 1.807) is 30.4 Å². The maximum absolute atomic E-state index is 13.1. The summed E-state index contributed by atoms with van der Waals surface area (Å²) in [5.74, 6) is -0.253. The van der Waals surface area contributed by atoms with Crippen LogP contribution in [0.15, 0.2) is 82.3 Å². The first kappa shape index (κ1) is 18.5. The third kappa shape index (κ3) is 3.93. The van der Waals surface area contributed by atoms with Crippen molar-refractivity contribution in [3.05, 3.63) is 77.4 Å². The highest BCUT2D eigenvalue weighted by Crippen LogP contribution is 2.34. The Hall–Kier alpha value is -3.33. The van der Waals surface area contributed by atoms with Gasteiger partial charge in [0, 0.05) is 11.8 Å². The van der Waals surface area contributed by atoms with Crippen molar-refractivity contribution in [2.75, 3.05) is 0 Å². The summed E-state index contributed by atoms with van der Waals surface area (Å²) in [5, 5.41) is 9.30. The number of benzene rings is 1. The van der Waals surface area contributed by atoms with Gasteiger partial charge in [0.05, 0.1) is 16.0 Å². The largest absolute Gasteiger partial charge is 0.462 e. The molecule has 140 valence electrons. The van der Waals surface area contributed by atoms with Gasteiger partial charge in [-0.05, 0) is 31.1 Å². The van der Waals surface area contributed by atoms with Gasteiger partial charge < -0.3 is 10.5 Å². The lowest BCUT2D eigenvalue weighted by molar-refractivity contribution is 0.224. The van der Waals surface area contributed by atoms with E-state index in [4.69, 9.17) is 15.9 Å². The number of nitrogens with two attached hydrogens (primary N) is 1. The Labute approximate surface area is 156 Å². The average Bonchev–Trinajstić information content (AvgIpc) is 2.68. The molecule has 8 nitrogen and oxygen atoms in total. The Balaban J connectivity index is 2.02. The summed E-state index contributed by atoms with van der Waals surface area (Å²) in [6.45, 7) is 0. The van der Waals surface area contributed by atoms with Gasteiger partial charge in [0.15, 0.2) is 5.96 Å². The molecule has 4 N–H and O–H groups in total. The lowest BCUT2D eigenvalue weighted by Crippen LogP contribution is -2.41.